The minimum absolute atomic E-state index is 0.0596. The van der Waals surface area contributed by atoms with Crippen molar-refractivity contribution in [1.82, 2.24) is 15.2 Å². The van der Waals surface area contributed by atoms with Gasteiger partial charge in [0.2, 0.25) is 5.91 Å². The van der Waals surface area contributed by atoms with Gasteiger partial charge in [-0.25, -0.2) is 4.98 Å². The lowest BCUT2D eigenvalue weighted by Crippen LogP contribution is -2.48. The second-order valence-electron chi connectivity index (χ2n) is 5.70. The first-order valence-electron chi connectivity index (χ1n) is 7.40. The van der Waals surface area contributed by atoms with Gasteiger partial charge in [0, 0.05) is 30.3 Å². The monoisotopic (exact) mass is 294 g/mol. The number of aromatic nitrogens is 1. The lowest BCUT2D eigenvalue weighted by molar-refractivity contribution is -0.121. The smallest absolute Gasteiger partial charge is 0.229 e. The second-order valence-corrected chi connectivity index (χ2v) is 6.79. The molecule has 2 aliphatic heterocycles. The predicted molar refractivity (Wildman–Crippen MR) is 80.9 cm³/mol. The van der Waals surface area contributed by atoms with Crippen LogP contribution in [0.15, 0.2) is 0 Å². The zero-order chi connectivity index (χ0) is 14.1. The van der Waals surface area contributed by atoms with Crippen LogP contribution in [0.1, 0.15) is 24.4 Å². The van der Waals surface area contributed by atoms with Gasteiger partial charge < -0.3 is 10.6 Å². The predicted octanol–water partition coefficient (Wildman–Crippen LogP) is 1.32. The van der Waals surface area contributed by atoms with Crippen LogP contribution in [0.25, 0.3) is 0 Å². The maximum Gasteiger partial charge on any atom is 0.229 e. The fourth-order valence-corrected chi connectivity index (χ4v) is 3.72. The molecule has 0 radical (unpaired) electrons. The Morgan fingerprint density at radius 1 is 1.60 bits per heavy atom. The minimum Gasteiger partial charge on any atom is -0.316 e. The summed E-state index contributed by atoms with van der Waals surface area (Å²) in [6.07, 6.45) is 0.998. The number of fused-ring (bicyclic) bond motifs is 1. The van der Waals surface area contributed by atoms with E-state index >= 15 is 0 Å². The molecule has 0 aliphatic carbocycles. The molecule has 1 aromatic heterocycles. The summed E-state index contributed by atoms with van der Waals surface area (Å²) in [4.78, 5) is 20.5. The number of hydrogen-bond acceptors (Lipinski definition) is 5. The molecule has 1 atom stereocenters. The molecule has 2 N–H and O–H groups in total. The highest BCUT2D eigenvalue weighted by Crippen LogP contribution is 2.29. The summed E-state index contributed by atoms with van der Waals surface area (Å²) in [7, 11) is 0. The molecule has 2 aliphatic rings. The van der Waals surface area contributed by atoms with Crippen molar-refractivity contribution in [3.63, 3.8) is 0 Å². The van der Waals surface area contributed by atoms with E-state index in [4.69, 9.17) is 0 Å². The number of hydrogen-bond donors (Lipinski definition) is 2. The molecule has 0 spiro atoms. The maximum absolute atomic E-state index is 12.2. The van der Waals surface area contributed by atoms with Crippen LogP contribution in [0.3, 0.4) is 0 Å². The van der Waals surface area contributed by atoms with Crippen LogP contribution in [0.2, 0.25) is 0 Å². The third-order valence-electron chi connectivity index (χ3n) is 4.42. The molecule has 1 saturated heterocycles. The quantitative estimate of drug-likeness (QED) is 0.879. The van der Waals surface area contributed by atoms with Crippen LogP contribution in [-0.2, 0) is 17.8 Å². The van der Waals surface area contributed by atoms with Crippen molar-refractivity contribution in [2.24, 2.45) is 11.8 Å². The van der Waals surface area contributed by atoms with Gasteiger partial charge in [-0.3, -0.25) is 9.69 Å². The zero-order valence-corrected chi connectivity index (χ0v) is 12.9. The number of amides is 1. The van der Waals surface area contributed by atoms with Crippen molar-refractivity contribution in [2.75, 3.05) is 31.5 Å². The van der Waals surface area contributed by atoms with Crippen molar-refractivity contribution >= 4 is 22.4 Å². The van der Waals surface area contributed by atoms with Gasteiger partial charge in [-0.1, -0.05) is 13.8 Å². The number of likely N-dealkylation sites (N-methyl/N-ethyl adjacent to an activating group) is 1. The average molecular weight is 294 g/mol. The first kappa shape index (κ1) is 14.0. The second kappa shape index (κ2) is 5.79. The molecule has 1 fully saturated rings. The van der Waals surface area contributed by atoms with E-state index in [9.17, 15) is 4.79 Å². The van der Waals surface area contributed by atoms with Gasteiger partial charge in [0.15, 0.2) is 5.13 Å². The highest BCUT2D eigenvalue weighted by atomic mass is 32.1. The van der Waals surface area contributed by atoms with Gasteiger partial charge >= 0.3 is 0 Å². The van der Waals surface area contributed by atoms with Crippen LogP contribution in [0.5, 0.6) is 0 Å². The Hall–Kier alpha value is -0.980. The number of rotatable bonds is 4. The van der Waals surface area contributed by atoms with Gasteiger partial charge in [-0.2, -0.15) is 0 Å². The summed E-state index contributed by atoms with van der Waals surface area (Å²) in [6, 6.07) is 0. The molecule has 0 aromatic carbocycles. The lowest BCUT2D eigenvalue weighted by Gasteiger charge is -2.31. The molecular formula is C14H22N4OS. The topological polar surface area (TPSA) is 57.3 Å². The van der Waals surface area contributed by atoms with E-state index in [1.54, 1.807) is 11.3 Å². The molecule has 6 heteroatoms. The summed E-state index contributed by atoms with van der Waals surface area (Å²) in [5, 5.41) is 6.99. The number of nitrogens with one attached hydrogen (secondary N) is 2. The summed E-state index contributed by atoms with van der Waals surface area (Å²) in [5.41, 5.74) is 1.17. The van der Waals surface area contributed by atoms with Gasteiger partial charge in [0.25, 0.3) is 0 Å². The van der Waals surface area contributed by atoms with Crippen molar-refractivity contribution in [3.8, 4) is 0 Å². The SMILES string of the molecule is CCN1CCc2nc(NC(=O)C(C)C3CNC3)sc2C1. The fraction of sp³-hybridized carbons (Fsp3) is 0.714. The lowest BCUT2D eigenvalue weighted by atomic mass is 9.88. The molecule has 1 aromatic rings. The standard InChI is InChI=1S/C14H22N4OS/c1-3-18-5-4-11-12(8-18)20-14(16-11)17-13(19)9(2)10-6-15-7-10/h9-10,15H,3-8H2,1-2H3,(H,16,17,19). The summed E-state index contributed by atoms with van der Waals surface area (Å²) >= 11 is 1.64. The molecule has 5 nitrogen and oxygen atoms in total. The van der Waals surface area contributed by atoms with Crippen LogP contribution in [-0.4, -0.2) is 42.0 Å². The Morgan fingerprint density at radius 2 is 2.40 bits per heavy atom. The first-order valence-corrected chi connectivity index (χ1v) is 8.21. The van der Waals surface area contributed by atoms with E-state index in [-0.39, 0.29) is 11.8 Å². The molecule has 0 saturated carbocycles. The molecule has 110 valence electrons. The Balaban J connectivity index is 1.63. The van der Waals surface area contributed by atoms with Gasteiger partial charge in [-0.15, -0.1) is 11.3 Å². The van der Waals surface area contributed by atoms with Crippen LogP contribution in [0, 0.1) is 11.8 Å². The fourth-order valence-electron chi connectivity index (χ4n) is 2.67. The minimum atomic E-state index is 0.0596. The molecule has 1 unspecified atom stereocenters. The highest BCUT2D eigenvalue weighted by molar-refractivity contribution is 7.15. The largest absolute Gasteiger partial charge is 0.316 e. The molecule has 3 heterocycles. The highest BCUT2D eigenvalue weighted by Gasteiger charge is 2.29. The third kappa shape index (κ3) is 2.73. The van der Waals surface area contributed by atoms with E-state index in [2.05, 4.69) is 27.4 Å². The third-order valence-corrected chi connectivity index (χ3v) is 5.42. The Bertz CT molecular complexity index is 497. The van der Waals surface area contributed by atoms with E-state index in [0.29, 0.717) is 5.92 Å². The maximum atomic E-state index is 12.2. The first-order chi connectivity index (χ1) is 9.67. The van der Waals surface area contributed by atoms with Gasteiger partial charge in [0.05, 0.1) is 5.69 Å². The van der Waals surface area contributed by atoms with Crippen molar-refractivity contribution < 1.29 is 4.79 Å². The molecule has 0 bridgehead atoms. The van der Waals surface area contributed by atoms with Crippen LogP contribution >= 0.6 is 11.3 Å². The number of carbonyl (C=O) groups excluding carboxylic acids is 1. The van der Waals surface area contributed by atoms with Crippen LogP contribution < -0.4 is 10.6 Å². The van der Waals surface area contributed by atoms with Crippen LogP contribution in [0.4, 0.5) is 5.13 Å². The van der Waals surface area contributed by atoms with E-state index in [1.165, 1.54) is 10.6 Å². The van der Waals surface area contributed by atoms with E-state index in [1.807, 2.05) is 6.92 Å². The molecular weight excluding hydrogens is 272 g/mol. The Kier molecular flexibility index (Phi) is 4.05. The Morgan fingerprint density at radius 3 is 3.05 bits per heavy atom. The summed E-state index contributed by atoms with van der Waals surface area (Å²) in [5.74, 6) is 0.638. The normalized spacial score (nSPS) is 21.1. The summed E-state index contributed by atoms with van der Waals surface area (Å²) < 4.78 is 0. The van der Waals surface area contributed by atoms with Crippen molar-refractivity contribution in [3.05, 3.63) is 10.6 Å². The molecule has 20 heavy (non-hydrogen) atoms. The van der Waals surface area contributed by atoms with Crippen molar-refractivity contribution in [1.29, 1.82) is 0 Å². The number of nitrogens with zero attached hydrogens (tertiary/aromatic N) is 2. The number of thiazole rings is 1. The molecule has 3 rings (SSSR count). The zero-order valence-electron chi connectivity index (χ0n) is 12.1. The molecule has 1 amide bonds. The Labute approximate surface area is 123 Å². The van der Waals surface area contributed by atoms with Gasteiger partial charge in [0.1, 0.15) is 0 Å². The van der Waals surface area contributed by atoms with E-state index < -0.39 is 0 Å². The number of carbonyl (C=O) groups is 1. The van der Waals surface area contributed by atoms with E-state index in [0.717, 1.165) is 44.3 Å². The summed E-state index contributed by atoms with van der Waals surface area (Å²) in [6.45, 7) is 9.22. The van der Waals surface area contributed by atoms with Gasteiger partial charge in [-0.05, 0) is 25.6 Å². The van der Waals surface area contributed by atoms with Crippen molar-refractivity contribution in [2.45, 2.75) is 26.8 Å². The average Bonchev–Trinajstić information content (AvgIpc) is 2.77. The number of anilines is 1.